The Balaban J connectivity index is 3.93. The molecule has 0 heterocycles. The molecule has 0 radical (unpaired) electrons. The highest BCUT2D eigenvalue weighted by Gasteiger charge is 2.22. The fourth-order valence-corrected chi connectivity index (χ4v) is 1.04. The molecule has 1 N–H and O–H groups in total. The molecule has 1 atom stereocenters. The molecule has 0 spiro atoms. The minimum absolute atomic E-state index is 0.239. The third-order valence-electron chi connectivity index (χ3n) is 2.59. The third kappa shape index (κ3) is 3.56. The van der Waals surface area contributed by atoms with E-state index in [-0.39, 0.29) is 5.41 Å². The molecule has 0 aliphatic heterocycles. The van der Waals surface area contributed by atoms with Crippen molar-refractivity contribution in [1.82, 2.24) is 0 Å². The molecular formula is C10H19NO. The Morgan fingerprint density at radius 3 is 2.58 bits per heavy atom. The van der Waals surface area contributed by atoms with Crippen molar-refractivity contribution in [3.05, 3.63) is 12.7 Å². The first-order valence-electron chi connectivity index (χ1n) is 4.33. The van der Waals surface area contributed by atoms with Crippen molar-refractivity contribution < 1.29 is 5.21 Å². The largest absolute Gasteiger partial charge is 0.411 e. The van der Waals surface area contributed by atoms with Gasteiger partial charge in [-0.25, -0.2) is 0 Å². The molecule has 12 heavy (non-hydrogen) atoms. The Hall–Kier alpha value is -0.790. The Morgan fingerprint density at radius 1 is 1.58 bits per heavy atom. The summed E-state index contributed by atoms with van der Waals surface area (Å²) in [6, 6.07) is 0. The van der Waals surface area contributed by atoms with Crippen molar-refractivity contribution >= 4 is 6.21 Å². The summed E-state index contributed by atoms with van der Waals surface area (Å²) >= 11 is 0. The zero-order valence-corrected chi connectivity index (χ0v) is 8.25. The normalized spacial score (nSPS) is 14.9. The second kappa shape index (κ2) is 4.96. The van der Waals surface area contributed by atoms with Gasteiger partial charge in [-0.15, -0.1) is 11.7 Å². The topological polar surface area (TPSA) is 32.6 Å². The van der Waals surface area contributed by atoms with Gasteiger partial charge in [0.1, 0.15) is 0 Å². The van der Waals surface area contributed by atoms with E-state index in [0.29, 0.717) is 5.92 Å². The van der Waals surface area contributed by atoms with E-state index in [4.69, 9.17) is 5.21 Å². The van der Waals surface area contributed by atoms with Gasteiger partial charge in [-0.1, -0.05) is 26.8 Å². The molecule has 0 rings (SSSR count). The Morgan fingerprint density at radius 2 is 2.17 bits per heavy atom. The lowest BCUT2D eigenvalue weighted by Gasteiger charge is -2.28. The number of nitrogens with zero attached hydrogens (tertiary/aromatic N) is 1. The summed E-state index contributed by atoms with van der Waals surface area (Å²) in [7, 11) is 0. The molecule has 0 aromatic rings. The summed E-state index contributed by atoms with van der Waals surface area (Å²) < 4.78 is 0. The van der Waals surface area contributed by atoms with Crippen molar-refractivity contribution in [3.63, 3.8) is 0 Å². The fourth-order valence-electron chi connectivity index (χ4n) is 1.04. The average molecular weight is 169 g/mol. The molecule has 0 saturated heterocycles. The maximum atomic E-state index is 8.21. The van der Waals surface area contributed by atoms with Gasteiger partial charge >= 0.3 is 0 Å². The van der Waals surface area contributed by atoms with Gasteiger partial charge in [-0.05, 0) is 24.2 Å². The van der Waals surface area contributed by atoms with Gasteiger partial charge < -0.3 is 5.21 Å². The van der Waals surface area contributed by atoms with Crippen molar-refractivity contribution in [2.24, 2.45) is 16.5 Å². The molecule has 0 saturated carbocycles. The summed E-state index contributed by atoms with van der Waals surface area (Å²) in [5, 5.41) is 11.2. The molecule has 0 aliphatic carbocycles. The standard InChI is InChI=1S/C10H19NO/c1-5-9(2)10(3,4)7-6-8-11-12/h5,8-9,12H,1,6-7H2,2-4H3. The van der Waals surface area contributed by atoms with Crippen LogP contribution in [-0.2, 0) is 0 Å². The molecule has 2 nitrogen and oxygen atoms in total. The second-order valence-corrected chi connectivity index (χ2v) is 3.85. The van der Waals surface area contributed by atoms with Crippen LogP contribution in [0.1, 0.15) is 33.6 Å². The lowest BCUT2D eigenvalue weighted by atomic mass is 9.76. The monoisotopic (exact) mass is 169 g/mol. The quantitative estimate of drug-likeness (QED) is 0.292. The van der Waals surface area contributed by atoms with Crippen LogP contribution in [0.2, 0.25) is 0 Å². The number of hydrogen-bond donors (Lipinski definition) is 1. The highest BCUT2D eigenvalue weighted by molar-refractivity contribution is 5.56. The molecule has 0 aliphatic rings. The van der Waals surface area contributed by atoms with Crippen LogP contribution in [0.4, 0.5) is 0 Å². The minimum atomic E-state index is 0.239. The van der Waals surface area contributed by atoms with Crippen LogP contribution in [-0.4, -0.2) is 11.4 Å². The molecule has 0 fully saturated rings. The van der Waals surface area contributed by atoms with Crippen LogP contribution in [0.3, 0.4) is 0 Å². The lowest BCUT2D eigenvalue weighted by molar-refractivity contribution is 0.258. The van der Waals surface area contributed by atoms with Crippen LogP contribution in [0.5, 0.6) is 0 Å². The van der Waals surface area contributed by atoms with E-state index < -0.39 is 0 Å². The first kappa shape index (κ1) is 11.2. The Labute approximate surface area is 75.0 Å². The van der Waals surface area contributed by atoms with Gasteiger partial charge in [0.05, 0.1) is 0 Å². The van der Waals surface area contributed by atoms with E-state index in [9.17, 15) is 0 Å². The highest BCUT2D eigenvalue weighted by Crippen LogP contribution is 2.31. The molecule has 0 amide bonds. The average Bonchev–Trinajstić information content (AvgIpc) is 2.03. The van der Waals surface area contributed by atoms with Gasteiger partial charge in [-0.3, -0.25) is 0 Å². The molecule has 2 heteroatoms. The maximum Gasteiger partial charge on any atom is 0.0436 e. The molecular weight excluding hydrogens is 150 g/mol. The Bertz CT molecular complexity index is 161. The number of rotatable bonds is 5. The fraction of sp³-hybridized carbons (Fsp3) is 0.700. The van der Waals surface area contributed by atoms with Crippen molar-refractivity contribution in [3.8, 4) is 0 Å². The SMILES string of the molecule is C=CC(C)C(C)(C)CCC=NO. The van der Waals surface area contributed by atoms with Crippen molar-refractivity contribution in [1.29, 1.82) is 0 Å². The lowest BCUT2D eigenvalue weighted by Crippen LogP contribution is -2.19. The summed E-state index contributed by atoms with van der Waals surface area (Å²) in [6.07, 6.45) is 5.35. The minimum Gasteiger partial charge on any atom is -0.411 e. The molecule has 70 valence electrons. The summed E-state index contributed by atoms with van der Waals surface area (Å²) in [5.41, 5.74) is 0.239. The van der Waals surface area contributed by atoms with Gasteiger partial charge in [0.2, 0.25) is 0 Å². The highest BCUT2D eigenvalue weighted by atomic mass is 16.4. The zero-order valence-electron chi connectivity index (χ0n) is 8.25. The van der Waals surface area contributed by atoms with Crippen LogP contribution >= 0.6 is 0 Å². The van der Waals surface area contributed by atoms with Gasteiger partial charge in [0.25, 0.3) is 0 Å². The summed E-state index contributed by atoms with van der Waals surface area (Å²) in [5.74, 6) is 0.490. The van der Waals surface area contributed by atoms with E-state index in [2.05, 4.69) is 32.5 Å². The van der Waals surface area contributed by atoms with E-state index >= 15 is 0 Å². The molecule has 0 bridgehead atoms. The van der Waals surface area contributed by atoms with Crippen LogP contribution in [0.15, 0.2) is 17.8 Å². The summed E-state index contributed by atoms with van der Waals surface area (Å²) in [4.78, 5) is 0. The number of hydrogen-bond acceptors (Lipinski definition) is 2. The molecule has 0 aromatic heterocycles. The van der Waals surface area contributed by atoms with E-state index in [0.717, 1.165) is 12.8 Å². The van der Waals surface area contributed by atoms with Gasteiger partial charge in [0, 0.05) is 6.21 Å². The van der Waals surface area contributed by atoms with Crippen LogP contribution in [0, 0.1) is 11.3 Å². The van der Waals surface area contributed by atoms with E-state index in [1.54, 1.807) is 0 Å². The summed E-state index contributed by atoms with van der Waals surface area (Å²) in [6.45, 7) is 10.3. The third-order valence-corrected chi connectivity index (χ3v) is 2.59. The van der Waals surface area contributed by atoms with Crippen LogP contribution < -0.4 is 0 Å². The van der Waals surface area contributed by atoms with E-state index in [1.807, 2.05) is 6.08 Å². The molecule has 1 unspecified atom stereocenters. The first-order chi connectivity index (χ1) is 5.54. The zero-order chi connectivity index (χ0) is 9.61. The maximum absolute atomic E-state index is 8.21. The molecule has 0 aromatic carbocycles. The first-order valence-corrected chi connectivity index (χ1v) is 4.33. The number of allylic oxidation sites excluding steroid dienone is 1. The Kier molecular flexibility index (Phi) is 4.64. The van der Waals surface area contributed by atoms with Crippen molar-refractivity contribution in [2.45, 2.75) is 33.6 Å². The number of oxime groups is 1. The van der Waals surface area contributed by atoms with Crippen molar-refractivity contribution in [2.75, 3.05) is 0 Å². The van der Waals surface area contributed by atoms with E-state index in [1.165, 1.54) is 6.21 Å². The second-order valence-electron chi connectivity index (χ2n) is 3.85. The smallest absolute Gasteiger partial charge is 0.0436 e. The van der Waals surface area contributed by atoms with Gasteiger partial charge in [-0.2, -0.15) is 0 Å². The van der Waals surface area contributed by atoms with Crippen LogP contribution in [0.25, 0.3) is 0 Å². The van der Waals surface area contributed by atoms with Gasteiger partial charge in [0.15, 0.2) is 0 Å². The predicted octanol–water partition coefficient (Wildman–Crippen LogP) is 3.07. The predicted molar refractivity (Wildman–Crippen MR) is 52.7 cm³/mol.